The van der Waals surface area contributed by atoms with Crippen molar-refractivity contribution < 1.29 is 9.32 Å². The summed E-state index contributed by atoms with van der Waals surface area (Å²) in [6, 6.07) is 16.7. The minimum Gasteiger partial charge on any atom is -0.369 e. The van der Waals surface area contributed by atoms with Gasteiger partial charge in [0.1, 0.15) is 12.0 Å². The first kappa shape index (κ1) is 30.2. The summed E-state index contributed by atoms with van der Waals surface area (Å²) in [5.74, 6) is 0.0654. The minimum absolute atomic E-state index is 0. The van der Waals surface area contributed by atoms with Crippen molar-refractivity contribution in [2.24, 2.45) is 0 Å². The number of aromatic nitrogens is 5. The van der Waals surface area contributed by atoms with Crippen molar-refractivity contribution in [2.75, 3.05) is 31.1 Å². The van der Waals surface area contributed by atoms with E-state index in [9.17, 15) is 4.79 Å². The molecule has 4 heterocycles. The molecule has 1 atom stereocenters. The first-order chi connectivity index (χ1) is 20.2. The van der Waals surface area contributed by atoms with Crippen molar-refractivity contribution in [3.8, 4) is 22.5 Å². The summed E-state index contributed by atoms with van der Waals surface area (Å²) in [5, 5.41) is 11.3. The summed E-state index contributed by atoms with van der Waals surface area (Å²) in [4.78, 5) is 32.1. The van der Waals surface area contributed by atoms with Gasteiger partial charge in [0.2, 0.25) is 0 Å². The first-order valence-electron chi connectivity index (χ1n) is 14.3. The predicted molar refractivity (Wildman–Crippen MR) is 171 cm³/mol. The van der Waals surface area contributed by atoms with E-state index in [0.717, 1.165) is 70.9 Å². The molecule has 5 aromatic rings. The number of carbonyl (C=O) groups excluding carboxylic acids is 1. The lowest BCUT2D eigenvalue weighted by molar-refractivity contribution is 0.0895. The van der Waals surface area contributed by atoms with Crippen LogP contribution in [0.1, 0.15) is 61.4 Å². The van der Waals surface area contributed by atoms with Gasteiger partial charge in [-0.05, 0) is 54.8 Å². The van der Waals surface area contributed by atoms with Gasteiger partial charge in [0.25, 0.3) is 0 Å². The number of rotatable bonds is 6. The maximum absolute atomic E-state index is 12.8. The van der Waals surface area contributed by atoms with Gasteiger partial charge in [-0.1, -0.05) is 50.2 Å². The third-order valence-corrected chi connectivity index (χ3v) is 7.73. The highest BCUT2D eigenvalue weighted by Gasteiger charge is 2.25. The molecule has 10 nitrogen and oxygen atoms in total. The minimum atomic E-state index is -0.396. The van der Waals surface area contributed by atoms with Gasteiger partial charge in [-0.2, -0.15) is 4.98 Å². The Morgan fingerprint density at radius 3 is 2.42 bits per heavy atom. The maximum atomic E-state index is 12.8. The molecule has 0 spiro atoms. The summed E-state index contributed by atoms with van der Waals surface area (Å²) in [5.41, 5.74) is 7.69. The number of H-pyrrole nitrogens is 1. The van der Waals surface area contributed by atoms with E-state index in [-0.39, 0.29) is 29.8 Å². The zero-order valence-corrected chi connectivity index (χ0v) is 25.9. The highest BCUT2D eigenvalue weighted by molar-refractivity contribution is 5.94. The zero-order valence-electron chi connectivity index (χ0n) is 25.1. The topological polar surface area (TPSA) is 125 Å². The van der Waals surface area contributed by atoms with Crippen LogP contribution in [-0.2, 0) is 5.41 Å². The van der Waals surface area contributed by atoms with Gasteiger partial charge in [-0.25, -0.2) is 9.97 Å². The van der Waals surface area contributed by atoms with Gasteiger partial charge in [0.05, 0.1) is 11.7 Å². The van der Waals surface area contributed by atoms with E-state index >= 15 is 0 Å². The highest BCUT2D eigenvalue weighted by atomic mass is 35.5. The van der Waals surface area contributed by atoms with E-state index < -0.39 is 5.91 Å². The number of amides is 1. The number of hydrogen-bond donors (Lipinski definition) is 3. The van der Waals surface area contributed by atoms with Crippen LogP contribution in [0.5, 0.6) is 0 Å². The van der Waals surface area contributed by atoms with E-state index in [1.54, 1.807) is 6.33 Å². The molecule has 0 bridgehead atoms. The van der Waals surface area contributed by atoms with Crippen LogP contribution in [0.3, 0.4) is 0 Å². The fraction of sp³-hybridized carbons (Fsp3) is 0.344. The van der Waals surface area contributed by atoms with Gasteiger partial charge in [-0.3, -0.25) is 4.79 Å². The van der Waals surface area contributed by atoms with E-state index in [2.05, 4.69) is 77.0 Å². The largest absolute Gasteiger partial charge is 0.369 e. The lowest BCUT2D eigenvalue weighted by Gasteiger charge is -2.29. The molecule has 224 valence electrons. The van der Waals surface area contributed by atoms with E-state index in [4.69, 9.17) is 4.52 Å². The number of carbonyl (C=O) groups is 1. The summed E-state index contributed by atoms with van der Waals surface area (Å²) in [7, 11) is 0. The third kappa shape index (κ3) is 6.25. The lowest BCUT2D eigenvalue weighted by Crippen LogP contribution is -2.43. The fourth-order valence-electron chi connectivity index (χ4n) is 5.37. The normalized spacial score (nSPS) is 14.4. The average molecular weight is 601 g/mol. The Balaban J connectivity index is 0.00000368. The Bertz CT molecular complexity index is 1730. The number of piperazine rings is 1. The molecular formula is C32H37ClN8O2. The van der Waals surface area contributed by atoms with E-state index in [1.165, 1.54) is 5.69 Å². The monoisotopic (exact) mass is 600 g/mol. The van der Waals surface area contributed by atoms with Crippen molar-refractivity contribution in [2.45, 2.75) is 46.1 Å². The average Bonchev–Trinajstić information content (AvgIpc) is 3.66. The van der Waals surface area contributed by atoms with Crippen LogP contribution >= 0.6 is 12.4 Å². The Morgan fingerprint density at radius 1 is 1.02 bits per heavy atom. The van der Waals surface area contributed by atoms with E-state index in [0.29, 0.717) is 5.82 Å². The van der Waals surface area contributed by atoms with Crippen LogP contribution in [0, 0.1) is 6.92 Å². The molecule has 11 heteroatoms. The molecule has 2 aromatic carbocycles. The zero-order chi connectivity index (χ0) is 29.4. The van der Waals surface area contributed by atoms with Crippen molar-refractivity contribution in [3.63, 3.8) is 0 Å². The van der Waals surface area contributed by atoms with Crippen molar-refractivity contribution in [1.82, 2.24) is 35.7 Å². The quantitative estimate of drug-likeness (QED) is 0.230. The molecule has 1 saturated heterocycles. The molecule has 3 aromatic heterocycles. The Hall–Kier alpha value is -4.28. The van der Waals surface area contributed by atoms with Crippen LogP contribution in [0.15, 0.2) is 59.4 Å². The number of aryl methyl sites for hydroxylation is 1. The first-order valence-corrected chi connectivity index (χ1v) is 14.3. The summed E-state index contributed by atoms with van der Waals surface area (Å²) >= 11 is 0. The van der Waals surface area contributed by atoms with Crippen LogP contribution < -0.4 is 15.5 Å². The predicted octanol–water partition coefficient (Wildman–Crippen LogP) is 5.60. The van der Waals surface area contributed by atoms with Gasteiger partial charge in [0, 0.05) is 53.9 Å². The smallest absolute Gasteiger partial charge is 0.315 e. The van der Waals surface area contributed by atoms with E-state index in [1.807, 2.05) is 46.8 Å². The molecule has 43 heavy (non-hydrogen) atoms. The number of aromatic amines is 1. The van der Waals surface area contributed by atoms with Crippen molar-refractivity contribution >= 4 is 35.0 Å². The third-order valence-electron chi connectivity index (χ3n) is 7.73. The molecule has 0 radical (unpaired) electrons. The standard InChI is InChI=1S/C32H36N8O2.ClH/c1-19-16-22(8-11-24(19)20(2)36-29(41)30-38-31(39-42-30)32(3,4)5)27-25-17-26(37-28(25)35-18-34-27)21-6-9-23(10-7-21)40-14-12-33-13-15-40;/h6-11,16-18,20,33H,12-15H2,1-5H3,(H,36,41)(H,34,35,37);1H/t20-;/m1./s1. The molecule has 3 N–H and O–H groups in total. The molecule has 0 saturated carbocycles. The molecule has 1 amide bonds. The lowest BCUT2D eigenvalue weighted by atomic mass is 9.96. The molecule has 1 aliphatic rings. The summed E-state index contributed by atoms with van der Waals surface area (Å²) in [6.07, 6.45) is 1.59. The Labute approximate surface area is 257 Å². The number of halogens is 1. The molecule has 0 aliphatic carbocycles. The van der Waals surface area contributed by atoms with Gasteiger partial charge in [0.15, 0.2) is 5.82 Å². The summed E-state index contributed by atoms with van der Waals surface area (Å²) in [6.45, 7) is 13.9. The van der Waals surface area contributed by atoms with Crippen LogP contribution in [-0.4, -0.2) is 57.2 Å². The Kier molecular flexibility index (Phi) is 8.52. The molecular weight excluding hydrogens is 564 g/mol. The number of nitrogens with zero attached hydrogens (tertiary/aromatic N) is 5. The van der Waals surface area contributed by atoms with Crippen LogP contribution in [0.2, 0.25) is 0 Å². The second-order valence-electron chi connectivity index (χ2n) is 11.9. The number of anilines is 1. The van der Waals surface area contributed by atoms with Crippen LogP contribution in [0.25, 0.3) is 33.5 Å². The molecule has 1 aliphatic heterocycles. The SMILES string of the molecule is Cc1cc(-c2ncnc3[nH]c(-c4ccc(N5CCNCC5)cc4)cc23)ccc1[C@@H](C)NC(=O)c1nc(C(C)(C)C)no1.Cl. The van der Waals surface area contributed by atoms with Crippen LogP contribution in [0.4, 0.5) is 5.69 Å². The van der Waals surface area contributed by atoms with Crippen molar-refractivity contribution in [3.05, 3.63) is 77.7 Å². The molecule has 1 fully saturated rings. The number of nitrogens with one attached hydrogen (secondary N) is 3. The molecule has 0 unspecified atom stereocenters. The fourth-order valence-corrected chi connectivity index (χ4v) is 5.37. The number of benzene rings is 2. The Morgan fingerprint density at radius 2 is 1.74 bits per heavy atom. The highest BCUT2D eigenvalue weighted by Crippen LogP contribution is 2.32. The summed E-state index contributed by atoms with van der Waals surface area (Å²) < 4.78 is 5.21. The second kappa shape index (κ2) is 12.1. The van der Waals surface area contributed by atoms with Crippen molar-refractivity contribution in [1.29, 1.82) is 0 Å². The van der Waals surface area contributed by atoms with Gasteiger partial charge >= 0.3 is 11.8 Å². The van der Waals surface area contributed by atoms with Gasteiger partial charge in [-0.15, -0.1) is 12.4 Å². The number of hydrogen-bond acceptors (Lipinski definition) is 8. The molecule has 6 rings (SSSR count). The van der Waals surface area contributed by atoms with Gasteiger partial charge < -0.3 is 25.0 Å². The maximum Gasteiger partial charge on any atom is 0.315 e. The second-order valence-corrected chi connectivity index (χ2v) is 11.9. The number of fused-ring (bicyclic) bond motifs is 1.